The Morgan fingerprint density at radius 1 is 1.32 bits per heavy atom. The molecule has 0 aromatic heterocycles. The van der Waals surface area contributed by atoms with Crippen molar-refractivity contribution in [2.75, 3.05) is 19.7 Å². The summed E-state index contributed by atoms with van der Waals surface area (Å²) in [6, 6.07) is 7.97. The Kier molecular flexibility index (Phi) is 4.80. The number of carbonyl (C=O) groups excluding carboxylic acids is 1. The molecular formula is C15H21NO3. The summed E-state index contributed by atoms with van der Waals surface area (Å²) >= 11 is 0. The van der Waals surface area contributed by atoms with Gasteiger partial charge in [-0.1, -0.05) is 29.8 Å². The molecule has 2 rings (SSSR count). The number of benzene rings is 1. The van der Waals surface area contributed by atoms with E-state index in [1.54, 1.807) is 4.90 Å². The van der Waals surface area contributed by atoms with Gasteiger partial charge in [0.1, 0.15) is 6.61 Å². The minimum absolute atomic E-state index is 0.215. The van der Waals surface area contributed by atoms with Crippen molar-refractivity contribution in [3.05, 3.63) is 35.4 Å². The lowest BCUT2D eigenvalue weighted by Crippen LogP contribution is -2.39. The molecule has 104 valence electrons. The summed E-state index contributed by atoms with van der Waals surface area (Å²) in [6.45, 7) is 3.92. The molecule has 1 aromatic rings. The number of hydrogen-bond donors (Lipinski definition) is 1. The zero-order valence-corrected chi connectivity index (χ0v) is 11.3. The van der Waals surface area contributed by atoms with Gasteiger partial charge >= 0.3 is 6.09 Å². The molecule has 0 bridgehead atoms. The Balaban J connectivity index is 1.77. The van der Waals surface area contributed by atoms with Crippen molar-refractivity contribution in [1.82, 2.24) is 4.90 Å². The summed E-state index contributed by atoms with van der Waals surface area (Å²) in [6.07, 6.45) is 1.46. The van der Waals surface area contributed by atoms with Crippen LogP contribution in [0.1, 0.15) is 24.0 Å². The highest BCUT2D eigenvalue weighted by Crippen LogP contribution is 2.17. The van der Waals surface area contributed by atoms with Crippen LogP contribution in [0.25, 0.3) is 0 Å². The maximum absolute atomic E-state index is 11.9. The maximum atomic E-state index is 11.9. The van der Waals surface area contributed by atoms with Gasteiger partial charge in [0.2, 0.25) is 0 Å². The van der Waals surface area contributed by atoms with E-state index < -0.39 is 0 Å². The fourth-order valence-corrected chi connectivity index (χ4v) is 2.22. The zero-order valence-electron chi connectivity index (χ0n) is 11.3. The number of piperidine rings is 1. The first-order valence-electron chi connectivity index (χ1n) is 6.77. The highest BCUT2D eigenvalue weighted by atomic mass is 16.6. The summed E-state index contributed by atoms with van der Waals surface area (Å²) in [5.41, 5.74) is 2.20. The van der Waals surface area contributed by atoms with Crippen LogP contribution in [0.2, 0.25) is 0 Å². The second-order valence-electron chi connectivity index (χ2n) is 5.15. The summed E-state index contributed by atoms with van der Waals surface area (Å²) in [5.74, 6) is 0.334. The molecule has 19 heavy (non-hydrogen) atoms. The third-order valence-electron chi connectivity index (χ3n) is 3.61. The highest BCUT2D eigenvalue weighted by Gasteiger charge is 2.23. The van der Waals surface area contributed by atoms with Crippen molar-refractivity contribution < 1.29 is 14.6 Å². The first-order chi connectivity index (χ1) is 9.19. The normalized spacial score (nSPS) is 16.4. The molecule has 0 saturated carbocycles. The molecule has 1 saturated heterocycles. The molecule has 1 aliphatic rings. The van der Waals surface area contributed by atoms with Crippen LogP contribution < -0.4 is 0 Å². The first-order valence-corrected chi connectivity index (χ1v) is 6.77. The van der Waals surface area contributed by atoms with Gasteiger partial charge in [0, 0.05) is 19.7 Å². The second-order valence-corrected chi connectivity index (χ2v) is 5.15. The molecule has 1 N–H and O–H groups in total. The summed E-state index contributed by atoms with van der Waals surface area (Å²) in [5, 5.41) is 9.06. The number of amides is 1. The van der Waals surface area contributed by atoms with Gasteiger partial charge in [0.15, 0.2) is 0 Å². The molecule has 0 aliphatic carbocycles. The molecule has 1 aromatic carbocycles. The van der Waals surface area contributed by atoms with E-state index >= 15 is 0 Å². The molecule has 0 unspecified atom stereocenters. The van der Waals surface area contributed by atoms with Crippen molar-refractivity contribution in [3.63, 3.8) is 0 Å². The van der Waals surface area contributed by atoms with E-state index in [9.17, 15) is 4.79 Å². The predicted molar refractivity (Wildman–Crippen MR) is 72.7 cm³/mol. The van der Waals surface area contributed by atoms with Gasteiger partial charge in [-0.2, -0.15) is 0 Å². The lowest BCUT2D eigenvalue weighted by atomic mass is 9.98. The van der Waals surface area contributed by atoms with E-state index in [1.165, 1.54) is 5.56 Å². The summed E-state index contributed by atoms with van der Waals surface area (Å²) in [7, 11) is 0. The zero-order chi connectivity index (χ0) is 13.7. The van der Waals surface area contributed by atoms with Crippen LogP contribution in [0.3, 0.4) is 0 Å². The number of rotatable bonds is 3. The standard InChI is InChI=1S/C15H21NO3/c1-12-2-4-14(5-3-12)11-19-15(18)16-8-6-13(10-17)7-9-16/h2-5,13,17H,6-11H2,1H3. The summed E-state index contributed by atoms with van der Waals surface area (Å²) in [4.78, 5) is 13.6. The van der Waals surface area contributed by atoms with Gasteiger partial charge in [-0.25, -0.2) is 4.79 Å². The minimum atomic E-state index is -0.253. The Morgan fingerprint density at radius 2 is 1.95 bits per heavy atom. The predicted octanol–water partition coefficient (Wildman–Crippen LogP) is 2.34. The molecule has 1 heterocycles. The van der Waals surface area contributed by atoms with E-state index in [4.69, 9.17) is 9.84 Å². The monoisotopic (exact) mass is 263 g/mol. The number of aliphatic hydroxyl groups excluding tert-OH is 1. The van der Waals surface area contributed by atoms with Crippen LogP contribution in [0.4, 0.5) is 4.79 Å². The lowest BCUT2D eigenvalue weighted by Gasteiger charge is -2.30. The molecule has 0 radical (unpaired) electrons. The van der Waals surface area contributed by atoms with Crippen molar-refractivity contribution in [2.24, 2.45) is 5.92 Å². The van der Waals surface area contributed by atoms with Crippen LogP contribution >= 0.6 is 0 Å². The molecule has 1 aliphatic heterocycles. The molecular weight excluding hydrogens is 242 g/mol. The highest BCUT2D eigenvalue weighted by molar-refractivity contribution is 5.67. The molecule has 4 heteroatoms. The summed E-state index contributed by atoms with van der Waals surface area (Å²) < 4.78 is 5.30. The van der Waals surface area contributed by atoms with Crippen LogP contribution in [0, 0.1) is 12.8 Å². The van der Waals surface area contributed by atoms with E-state index in [0.29, 0.717) is 25.6 Å². The maximum Gasteiger partial charge on any atom is 0.410 e. The largest absolute Gasteiger partial charge is 0.445 e. The third kappa shape index (κ3) is 3.96. The van der Waals surface area contributed by atoms with Gasteiger partial charge < -0.3 is 14.7 Å². The number of carbonyl (C=O) groups is 1. The number of ether oxygens (including phenoxy) is 1. The number of aryl methyl sites for hydroxylation is 1. The van der Waals surface area contributed by atoms with Crippen molar-refractivity contribution >= 4 is 6.09 Å². The smallest absolute Gasteiger partial charge is 0.410 e. The number of aliphatic hydroxyl groups is 1. The second kappa shape index (κ2) is 6.57. The SMILES string of the molecule is Cc1ccc(COC(=O)N2CCC(CO)CC2)cc1. The molecule has 4 nitrogen and oxygen atoms in total. The molecule has 0 spiro atoms. The van der Waals surface area contributed by atoms with Crippen LogP contribution in [0.5, 0.6) is 0 Å². The van der Waals surface area contributed by atoms with Crippen molar-refractivity contribution in [3.8, 4) is 0 Å². The Bertz CT molecular complexity index is 408. The third-order valence-corrected chi connectivity index (χ3v) is 3.61. The first kappa shape index (κ1) is 13.9. The van der Waals surface area contributed by atoms with Crippen LogP contribution in [-0.4, -0.2) is 35.8 Å². The van der Waals surface area contributed by atoms with Gasteiger partial charge in [0.25, 0.3) is 0 Å². The Hall–Kier alpha value is -1.55. The quantitative estimate of drug-likeness (QED) is 0.910. The molecule has 1 amide bonds. The average Bonchev–Trinajstić information content (AvgIpc) is 2.46. The van der Waals surface area contributed by atoms with Gasteiger partial charge in [0.05, 0.1) is 0 Å². The van der Waals surface area contributed by atoms with Gasteiger partial charge in [-0.15, -0.1) is 0 Å². The van der Waals surface area contributed by atoms with Gasteiger partial charge in [-0.05, 0) is 31.2 Å². The molecule has 1 fully saturated rings. The Morgan fingerprint density at radius 3 is 2.53 bits per heavy atom. The van der Waals surface area contributed by atoms with Crippen LogP contribution in [0.15, 0.2) is 24.3 Å². The van der Waals surface area contributed by atoms with Crippen LogP contribution in [-0.2, 0) is 11.3 Å². The fraction of sp³-hybridized carbons (Fsp3) is 0.533. The van der Waals surface area contributed by atoms with E-state index in [-0.39, 0.29) is 12.7 Å². The Labute approximate surface area is 114 Å². The van der Waals surface area contributed by atoms with E-state index in [2.05, 4.69) is 0 Å². The fourth-order valence-electron chi connectivity index (χ4n) is 2.22. The lowest BCUT2D eigenvalue weighted by molar-refractivity contribution is 0.0741. The van der Waals surface area contributed by atoms with Crippen molar-refractivity contribution in [1.29, 1.82) is 0 Å². The number of hydrogen-bond acceptors (Lipinski definition) is 3. The van der Waals surface area contributed by atoms with Crippen molar-refractivity contribution in [2.45, 2.75) is 26.4 Å². The topological polar surface area (TPSA) is 49.8 Å². The number of likely N-dealkylation sites (tertiary alicyclic amines) is 1. The van der Waals surface area contributed by atoms with Gasteiger partial charge in [-0.3, -0.25) is 0 Å². The van der Waals surface area contributed by atoms with E-state index in [0.717, 1.165) is 18.4 Å². The van der Waals surface area contributed by atoms with E-state index in [1.807, 2.05) is 31.2 Å². The minimum Gasteiger partial charge on any atom is -0.445 e. The molecule has 0 atom stereocenters. The number of nitrogens with zero attached hydrogens (tertiary/aromatic N) is 1. The average molecular weight is 263 g/mol.